The summed E-state index contributed by atoms with van der Waals surface area (Å²) < 4.78 is 0. The van der Waals surface area contributed by atoms with Crippen molar-refractivity contribution in [3.63, 3.8) is 0 Å². The molecule has 142 valence electrons. The van der Waals surface area contributed by atoms with Crippen LogP contribution in [-0.2, 0) is 19.5 Å². The van der Waals surface area contributed by atoms with Gasteiger partial charge in [0.25, 0.3) is 11.5 Å². The van der Waals surface area contributed by atoms with Crippen LogP contribution in [-0.4, -0.2) is 22.4 Å². The Morgan fingerprint density at radius 3 is 2.79 bits per heavy atom. The highest BCUT2D eigenvalue weighted by Crippen LogP contribution is 2.25. The van der Waals surface area contributed by atoms with Gasteiger partial charge in [-0.05, 0) is 42.7 Å². The molecule has 2 N–H and O–H groups in total. The highest BCUT2D eigenvalue weighted by molar-refractivity contribution is 5.93. The monoisotopic (exact) mass is 374 g/mol. The minimum absolute atomic E-state index is 0.114. The van der Waals surface area contributed by atoms with E-state index in [0.29, 0.717) is 6.54 Å². The zero-order valence-corrected chi connectivity index (χ0v) is 15.7. The van der Waals surface area contributed by atoms with Gasteiger partial charge in [-0.3, -0.25) is 9.59 Å². The molecule has 6 nitrogen and oxygen atoms in total. The number of amides is 1. The van der Waals surface area contributed by atoms with E-state index in [0.717, 1.165) is 36.6 Å². The van der Waals surface area contributed by atoms with Crippen molar-refractivity contribution in [1.29, 1.82) is 0 Å². The zero-order valence-electron chi connectivity index (χ0n) is 15.7. The fraction of sp³-hybridized carbons (Fsp3) is 0.227. The number of rotatable bonds is 4. The van der Waals surface area contributed by atoms with Gasteiger partial charge in [-0.25, -0.2) is 4.98 Å². The number of hydrogen-bond acceptors (Lipinski definition) is 4. The van der Waals surface area contributed by atoms with Crippen LogP contribution in [0.4, 0.5) is 5.82 Å². The highest BCUT2D eigenvalue weighted by Gasteiger charge is 2.20. The number of aromatic nitrogens is 2. The molecule has 3 heterocycles. The van der Waals surface area contributed by atoms with Gasteiger partial charge >= 0.3 is 0 Å². The predicted molar refractivity (Wildman–Crippen MR) is 108 cm³/mol. The maximum Gasteiger partial charge on any atom is 0.260 e. The summed E-state index contributed by atoms with van der Waals surface area (Å²) in [4.78, 5) is 33.9. The summed E-state index contributed by atoms with van der Waals surface area (Å²) in [6.07, 6.45) is 2.74. The first kappa shape index (κ1) is 18.0. The van der Waals surface area contributed by atoms with Crippen LogP contribution in [0.2, 0.25) is 0 Å². The molecular weight excluding hydrogens is 352 g/mol. The molecule has 0 saturated carbocycles. The number of carbonyl (C=O) groups excluding carboxylic acids is 1. The third kappa shape index (κ3) is 3.67. The Hall–Kier alpha value is -3.41. The van der Waals surface area contributed by atoms with Crippen molar-refractivity contribution in [1.82, 2.24) is 15.3 Å². The number of nitrogens with zero attached hydrogens (tertiary/aromatic N) is 2. The Morgan fingerprint density at radius 2 is 1.96 bits per heavy atom. The molecule has 1 aromatic carbocycles. The smallest absolute Gasteiger partial charge is 0.260 e. The molecule has 4 rings (SSSR count). The molecule has 6 heteroatoms. The van der Waals surface area contributed by atoms with Gasteiger partial charge in [0.15, 0.2) is 0 Å². The maximum absolute atomic E-state index is 12.4. The fourth-order valence-corrected chi connectivity index (χ4v) is 3.55. The molecular formula is C22H22N4O2. The summed E-state index contributed by atoms with van der Waals surface area (Å²) in [5.41, 5.74) is 4.07. The Bertz CT molecular complexity index is 1070. The molecule has 28 heavy (non-hydrogen) atoms. The number of nitrogens with one attached hydrogen (secondary N) is 2. The number of aryl methyl sites for hydroxylation is 1. The van der Waals surface area contributed by atoms with Crippen molar-refractivity contribution in [3.8, 4) is 0 Å². The summed E-state index contributed by atoms with van der Waals surface area (Å²) in [7, 11) is 0. The lowest BCUT2D eigenvalue weighted by Gasteiger charge is -2.31. The van der Waals surface area contributed by atoms with Crippen molar-refractivity contribution in [2.24, 2.45) is 0 Å². The van der Waals surface area contributed by atoms with Crippen LogP contribution >= 0.6 is 0 Å². The normalized spacial score (nSPS) is 13.1. The first-order valence-electron chi connectivity index (χ1n) is 9.35. The average Bonchev–Trinajstić information content (AvgIpc) is 2.72. The van der Waals surface area contributed by atoms with Crippen LogP contribution in [0.25, 0.3) is 0 Å². The zero-order chi connectivity index (χ0) is 19.5. The number of H-pyrrole nitrogens is 1. The second-order valence-electron chi connectivity index (χ2n) is 6.99. The Labute approximate surface area is 163 Å². The molecule has 0 atom stereocenters. The molecule has 0 fully saturated rings. The summed E-state index contributed by atoms with van der Waals surface area (Å²) in [5.74, 6) is 0.482. The number of carbonyl (C=O) groups is 1. The van der Waals surface area contributed by atoms with Crippen LogP contribution in [0.5, 0.6) is 0 Å². The molecule has 0 spiro atoms. The number of fused-ring (bicyclic) bond motifs is 1. The van der Waals surface area contributed by atoms with Crippen LogP contribution in [0.3, 0.4) is 0 Å². The number of pyridine rings is 2. The molecule has 0 saturated heterocycles. The summed E-state index contributed by atoms with van der Waals surface area (Å²) >= 11 is 0. The topological polar surface area (TPSA) is 78.1 Å². The van der Waals surface area contributed by atoms with E-state index in [1.807, 2.05) is 12.1 Å². The van der Waals surface area contributed by atoms with Gasteiger partial charge in [0.05, 0.1) is 0 Å². The van der Waals surface area contributed by atoms with E-state index in [4.69, 9.17) is 0 Å². The van der Waals surface area contributed by atoms with Crippen molar-refractivity contribution in [3.05, 3.63) is 93.0 Å². The SMILES string of the molecule is Cc1ccc(C(=O)NCc2cccnc2N2CCc3ccccc3C2)c(=O)[nH]1. The van der Waals surface area contributed by atoms with E-state index in [1.165, 1.54) is 11.1 Å². The van der Waals surface area contributed by atoms with Crippen LogP contribution < -0.4 is 15.8 Å². The Balaban J connectivity index is 1.51. The van der Waals surface area contributed by atoms with Gasteiger partial charge in [0.2, 0.25) is 0 Å². The van der Waals surface area contributed by atoms with Gasteiger partial charge < -0.3 is 15.2 Å². The standard InChI is InChI=1S/C22H22N4O2/c1-15-8-9-19(22(28)25-15)21(27)24-13-17-7-4-11-23-20(17)26-12-10-16-5-2-3-6-18(16)14-26/h2-9,11H,10,12-14H2,1H3,(H,24,27)(H,25,28). The molecule has 0 aliphatic carbocycles. The minimum atomic E-state index is -0.389. The van der Waals surface area contributed by atoms with Gasteiger partial charge in [-0.2, -0.15) is 0 Å². The van der Waals surface area contributed by atoms with Crippen molar-refractivity contribution < 1.29 is 4.79 Å². The van der Waals surface area contributed by atoms with Gasteiger partial charge in [-0.15, -0.1) is 0 Å². The molecule has 1 amide bonds. The largest absolute Gasteiger partial charge is 0.352 e. The maximum atomic E-state index is 12.4. The van der Waals surface area contributed by atoms with Crippen molar-refractivity contribution in [2.75, 3.05) is 11.4 Å². The minimum Gasteiger partial charge on any atom is -0.352 e. The molecule has 3 aromatic rings. The van der Waals surface area contributed by atoms with E-state index >= 15 is 0 Å². The lowest BCUT2D eigenvalue weighted by molar-refractivity contribution is 0.0949. The number of hydrogen-bond donors (Lipinski definition) is 2. The van der Waals surface area contributed by atoms with Gasteiger partial charge in [0.1, 0.15) is 11.4 Å². The van der Waals surface area contributed by atoms with Crippen LogP contribution in [0.1, 0.15) is 32.7 Å². The van der Waals surface area contributed by atoms with Crippen LogP contribution in [0.15, 0.2) is 59.5 Å². The Morgan fingerprint density at radius 1 is 1.14 bits per heavy atom. The lowest BCUT2D eigenvalue weighted by Crippen LogP contribution is -2.33. The molecule has 1 aliphatic heterocycles. The lowest BCUT2D eigenvalue weighted by atomic mass is 9.99. The Kier molecular flexibility index (Phi) is 4.93. The molecule has 1 aliphatic rings. The molecule has 0 radical (unpaired) electrons. The van der Waals surface area contributed by atoms with E-state index in [1.54, 1.807) is 25.3 Å². The van der Waals surface area contributed by atoms with Crippen molar-refractivity contribution in [2.45, 2.75) is 26.4 Å². The average molecular weight is 374 g/mol. The number of aromatic amines is 1. The summed E-state index contributed by atoms with van der Waals surface area (Å²) in [6, 6.07) is 15.5. The first-order chi connectivity index (χ1) is 13.6. The highest BCUT2D eigenvalue weighted by atomic mass is 16.2. The van der Waals surface area contributed by atoms with Crippen molar-refractivity contribution >= 4 is 11.7 Å². The number of anilines is 1. The molecule has 0 bridgehead atoms. The summed E-state index contributed by atoms with van der Waals surface area (Å²) in [6.45, 7) is 3.77. The first-order valence-corrected chi connectivity index (χ1v) is 9.35. The van der Waals surface area contributed by atoms with E-state index in [2.05, 4.69) is 44.5 Å². The molecule has 0 unspecified atom stereocenters. The third-order valence-corrected chi connectivity index (χ3v) is 5.04. The second kappa shape index (κ2) is 7.68. The third-order valence-electron chi connectivity index (χ3n) is 5.04. The van der Waals surface area contributed by atoms with E-state index in [9.17, 15) is 9.59 Å². The predicted octanol–water partition coefficient (Wildman–Crippen LogP) is 2.57. The van der Waals surface area contributed by atoms with Gasteiger partial charge in [0, 0.05) is 37.1 Å². The van der Waals surface area contributed by atoms with E-state index in [-0.39, 0.29) is 17.0 Å². The fourth-order valence-electron chi connectivity index (χ4n) is 3.55. The summed E-state index contributed by atoms with van der Waals surface area (Å²) in [5, 5.41) is 2.85. The molecule has 2 aromatic heterocycles. The van der Waals surface area contributed by atoms with Crippen LogP contribution in [0, 0.1) is 6.92 Å². The van der Waals surface area contributed by atoms with E-state index < -0.39 is 0 Å². The second-order valence-corrected chi connectivity index (χ2v) is 6.99. The quantitative estimate of drug-likeness (QED) is 0.736. The number of benzene rings is 1. The van der Waals surface area contributed by atoms with Gasteiger partial charge in [-0.1, -0.05) is 30.3 Å².